The van der Waals surface area contributed by atoms with Crippen LogP contribution in [0.25, 0.3) is 32.7 Å². The summed E-state index contributed by atoms with van der Waals surface area (Å²) < 4.78 is 40.9. The molecular weight excluding hydrogens is 475 g/mol. The largest absolute Gasteiger partial charge is 0.496 e. The zero-order chi connectivity index (χ0) is 19.2. The zero-order valence-electron chi connectivity index (χ0n) is 14.3. The van der Waals surface area contributed by atoms with Gasteiger partial charge in [0, 0.05) is 14.7 Å². The fourth-order valence-electron chi connectivity index (χ4n) is 3.43. The van der Waals surface area contributed by atoms with Crippen LogP contribution in [0.4, 0.5) is 0 Å². The minimum Gasteiger partial charge on any atom is -0.496 e. The SMILES string of the molecule is COc1ccc2cc(I)ccc2c1-c1c(S(=O)(=O)O)ccc2ccccc12. The lowest BCUT2D eigenvalue weighted by molar-refractivity contribution is 0.417. The first kappa shape index (κ1) is 18.2. The number of rotatable bonds is 3. The summed E-state index contributed by atoms with van der Waals surface area (Å²) in [5.74, 6) is 0.546. The summed E-state index contributed by atoms with van der Waals surface area (Å²) in [5.41, 5.74) is 1.09. The summed E-state index contributed by atoms with van der Waals surface area (Å²) in [4.78, 5) is -0.134. The van der Waals surface area contributed by atoms with Gasteiger partial charge in [0.05, 0.1) is 7.11 Å². The lowest BCUT2D eigenvalue weighted by Crippen LogP contribution is -2.03. The van der Waals surface area contributed by atoms with Crippen molar-refractivity contribution < 1.29 is 17.7 Å². The standard InChI is InChI=1S/C21H15IO4S/c1-26-18-10-6-14-12-15(22)8-9-17(14)20(18)21-16-5-3-2-4-13(16)7-11-19(21)27(23,24)25/h2-12H,1H3,(H,23,24,25). The molecule has 0 fully saturated rings. The van der Waals surface area contributed by atoms with Crippen LogP contribution < -0.4 is 4.74 Å². The van der Waals surface area contributed by atoms with Crippen molar-refractivity contribution in [1.82, 2.24) is 0 Å². The van der Waals surface area contributed by atoms with Crippen molar-refractivity contribution in [3.63, 3.8) is 0 Å². The van der Waals surface area contributed by atoms with Crippen LogP contribution in [-0.4, -0.2) is 20.1 Å². The molecule has 0 spiro atoms. The number of halogens is 1. The predicted molar refractivity (Wildman–Crippen MR) is 116 cm³/mol. The fraction of sp³-hybridized carbons (Fsp3) is 0.0476. The second-order valence-electron chi connectivity index (χ2n) is 6.14. The summed E-state index contributed by atoms with van der Waals surface area (Å²) >= 11 is 2.24. The molecule has 6 heteroatoms. The molecule has 0 aromatic heterocycles. The average molecular weight is 490 g/mol. The minimum atomic E-state index is -4.43. The molecule has 0 saturated heterocycles. The Bertz CT molecular complexity index is 1300. The predicted octanol–water partition coefficient (Wildman–Crippen LogP) is 5.52. The van der Waals surface area contributed by atoms with Crippen molar-refractivity contribution in [3.05, 3.63) is 70.3 Å². The van der Waals surface area contributed by atoms with Crippen LogP contribution in [0.15, 0.2) is 71.6 Å². The molecule has 0 saturated carbocycles. The summed E-state index contributed by atoms with van der Waals surface area (Å²) in [6.07, 6.45) is 0. The van der Waals surface area contributed by atoms with Crippen LogP contribution in [0.2, 0.25) is 0 Å². The first-order valence-corrected chi connectivity index (χ1v) is 10.7. The summed E-state index contributed by atoms with van der Waals surface area (Å²) in [5, 5.41) is 3.43. The van der Waals surface area contributed by atoms with E-state index in [-0.39, 0.29) is 4.90 Å². The maximum atomic E-state index is 12.2. The van der Waals surface area contributed by atoms with Crippen molar-refractivity contribution in [2.75, 3.05) is 7.11 Å². The Morgan fingerprint density at radius 3 is 2.30 bits per heavy atom. The fourth-order valence-corrected chi connectivity index (χ4v) is 4.66. The maximum Gasteiger partial charge on any atom is 0.295 e. The molecule has 0 radical (unpaired) electrons. The van der Waals surface area contributed by atoms with Crippen molar-refractivity contribution in [2.24, 2.45) is 0 Å². The van der Waals surface area contributed by atoms with Gasteiger partial charge in [0.25, 0.3) is 10.1 Å². The van der Waals surface area contributed by atoms with Crippen LogP contribution in [0.3, 0.4) is 0 Å². The lowest BCUT2D eigenvalue weighted by atomic mass is 9.93. The topological polar surface area (TPSA) is 63.6 Å². The van der Waals surface area contributed by atoms with Crippen LogP contribution in [-0.2, 0) is 10.1 Å². The monoisotopic (exact) mass is 490 g/mol. The molecule has 136 valence electrons. The molecule has 1 N–H and O–H groups in total. The first-order chi connectivity index (χ1) is 12.9. The molecule has 27 heavy (non-hydrogen) atoms. The lowest BCUT2D eigenvalue weighted by Gasteiger charge is -2.17. The van der Waals surface area contributed by atoms with Gasteiger partial charge in [-0.1, -0.05) is 42.5 Å². The molecule has 4 aromatic rings. The Balaban J connectivity index is 2.26. The van der Waals surface area contributed by atoms with E-state index >= 15 is 0 Å². The highest BCUT2D eigenvalue weighted by atomic mass is 127. The van der Waals surface area contributed by atoms with E-state index < -0.39 is 10.1 Å². The molecule has 0 bridgehead atoms. The van der Waals surface area contributed by atoms with Gasteiger partial charge in [-0.05, 0) is 68.4 Å². The van der Waals surface area contributed by atoms with Crippen LogP contribution in [0, 0.1) is 3.57 Å². The number of hydrogen-bond donors (Lipinski definition) is 1. The summed E-state index contributed by atoms with van der Waals surface area (Å²) in [6.45, 7) is 0. The molecule has 0 aliphatic carbocycles. The van der Waals surface area contributed by atoms with Gasteiger partial charge in [-0.15, -0.1) is 0 Å². The third kappa shape index (κ3) is 3.18. The number of ether oxygens (including phenoxy) is 1. The molecule has 0 aliphatic rings. The molecule has 0 aliphatic heterocycles. The van der Waals surface area contributed by atoms with Gasteiger partial charge in [-0.2, -0.15) is 8.42 Å². The number of hydrogen-bond acceptors (Lipinski definition) is 3. The van der Waals surface area contributed by atoms with Crippen molar-refractivity contribution >= 4 is 54.3 Å². The molecule has 0 heterocycles. The molecule has 0 unspecified atom stereocenters. The van der Waals surface area contributed by atoms with Gasteiger partial charge in [-0.25, -0.2) is 0 Å². The molecule has 0 amide bonds. The highest BCUT2D eigenvalue weighted by Gasteiger charge is 2.23. The summed E-state index contributed by atoms with van der Waals surface area (Å²) in [6, 6.07) is 20.3. The Hall–Kier alpha value is -2.16. The van der Waals surface area contributed by atoms with Gasteiger partial charge in [0.15, 0.2) is 0 Å². The van der Waals surface area contributed by atoms with Gasteiger partial charge in [0.2, 0.25) is 0 Å². The number of benzene rings is 4. The zero-order valence-corrected chi connectivity index (χ0v) is 17.3. The Labute approximate surface area is 170 Å². The Kier molecular flexibility index (Phi) is 4.57. The van der Waals surface area contributed by atoms with Gasteiger partial charge < -0.3 is 4.74 Å². The quantitative estimate of drug-likeness (QED) is 0.304. The van der Waals surface area contributed by atoms with Crippen molar-refractivity contribution in [3.8, 4) is 16.9 Å². The van der Waals surface area contributed by atoms with E-state index in [4.69, 9.17) is 4.74 Å². The van der Waals surface area contributed by atoms with Gasteiger partial charge in [0.1, 0.15) is 10.6 Å². The highest BCUT2D eigenvalue weighted by Crippen LogP contribution is 2.43. The normalized spacial score (nSPS) is 11.8. The van der Waals surface area contributed by atoms with Crippen LogP contribution in [0.1, 0.15) is 0 Å². The van der Waals surface area contributed by atoms with E-state index in [1.807, 2.05) is 54.6 Å². The first-order valence-electron chi connectivity index (χ1n) is 8.16. The molecule has 0 atom stereocenters. The van der Waals surface area contributed by atoms with Crippen molar-refractivity contribution in [2.45, 2.75) is 4.90 Å². The molecule has 4 aromatic carbocycles. The molecule has 4 nitrogen and oxygen atoms in total. The average Bonchev–Trinajstić information content (AvgIpc) is 2.65. The van der Waals surface area contributed by atoms with E-state index in [1.165, 1.54) is 6.07 Å². The summed E-state index contributed by atoms with van der Waals surface area (Å²) in [7, 11) is -2.88. The van der Waals surface area contributed by atoms with E-state index in [1.54, 1.807) is 13.2 Å². The minimum absolute atomic E-state index is 0.134. The third-order valence-electron chi connectivity index (χ3n) is 4.58. The van der Waals surface area contributed by atoms with E-state index in [2.05, 4.69) is 22.6 Å². The second-order valence-corrected chi connectivity index (χ2v) is 8.78. The molecular formula is C21H15IO4S. The number of fused-ring (bicyclic) bond motifs is 2. The Morgan fingerprint density at radius 1 is 0.852 bits per heavy atom. The van der Waals surface area contributed by atoms with E-state index in [0.29, 0.717) is 16.9 Å². The number of methoxy groups -OCH3 is 1. The van der Waals surface area contributed by atoms with E-state index in [0.717, 1.165) is 25.1 Å². The smallest absolute Gasteiger partial charge is 0.295 e. The Morgan fingerprint density at radius 2 is 1.56 bits per heavy atom. The third-order valence-corrected chi connectivity index (χ3v) is 6.15. The van der Waals surface area contributed by atoms with E-state index in [9.17, 15) is 13.0 Å². The van der Waals surface area contributed by atoms with Gasteiger partial charge >= 0.3 is 0 Å². The second kappa shape index (κ2) is 6.78. The highest BCUT2D eigenvalue weighted by molar-refractivity contribution is 14.1. The van der Waals surface area contributed by atoms with Crippen LogP contribution >= 0.6 is 22.6 Å². The van der Waals surface area contributed by atoms with Crippen LogP contribution in [0.5, 0.6) is 5.75 Å². The molecule has 4 rings (SSSR count). The maximum absolute atomic E-state index is 12.2. The van der Waals surface area contributed by atoms with Gasteiger partial charge in [-0.3, -0.25) is 4.55 Å². The van der Waals surface area contributed by atoms with Crippen molar-refractivity contribution in [1.29, 1.82) is 0 Å².